The Morgan fingerprint density at radius 2 is 1.56 bits per heavy atom. The molecule has 1 aliphatic carbocycles. The first-order valence-corrected chi connectivity index (χ1v) is 16.9. The molecular weight excluding hydrogens is 605 g/mol. The van der Waals surface area contributed by atoms with Gasteiger partial charge >= 0.3 is 0 Å². The third-order valence-corrected chi connectivity index (χ3v) is 10.0. The molecule has 3 aromatic rings. The Balaban J connectivity index is 1.73. The summed E-state index contributed by atoms with van der Waals surface area (Å²) in [5.74, 6) is -0.743. The van der Waals surface area contributed by atoms with Gasteiger partial charge in [0.05, 0.1) is 10.6 Å². The van der Waals surface area contributed by atoms with Crippen LogP contribution in [0.25, 0.3) is 0 Å². The van der Waals surface area contributed by atoms with Crippen LogP contribution in [-0.2, 0) is 26.2 Å². The van der Waals surface area contributed by atoms with Crippen molar-refractivity contribution in [2.45, 2.75) is 82.8 Å². The minimum Gasteiger partial charge on any atom is -0.352 e. The monoisotopic (exact) mass is 643 g/mol. The van der Waals surface area contributed by atoms with Gasteiger partial charge in [0.1, 0.15) is 12.6 Å². The summed E-state index contributed by atoms with van der Waals surface area (Å²) in [4.78, 5) is 29.5. The maximum Gasteiger partial charge on any atom is 0.264 e. The SMILES string of the molecule is CC[C@H](C(=O)NC1CCCCC1)N(Cc1cccc(C)c1)C(=O)CN(c1cc(Cl)cc(Cl)c1)S(=O)(=O)c1ccc(C)cc1. The molecule has 43 heavy (non-hydrogen) atoms. The molecular formula is C33H39Cl2N3O4S. The van der Waals surface area contributed by atoms with Gasteiger partial charge in [0.2, 0.25) is 11.8 Å². The van der Waals surface area contributed by atoms with E-state index in [1.54, 1.807) is 12.1 Å². The summed E-state index contributed by atoms with van der Waals surface area (Å²) in [6.45, 7) is 5.28. The van der Waals surface area contributed by atoms with E-state index < -0.39 is 28.5 Å². The van der Waals surface area contributed by atoms with Crippen LogP contribution in [0.5, 0.6) is 0 Å². The molecule has 0 saturated heterocycles. The molecule has 7 nitrogen and oxygen atoms in total. The van der Waals surface area contributed by atoms with Crippen LogP contribution in [-0.4, -0.2) is 43.8 Å². The van der Waals surface area contributed by atoms with Crippen molar-refractivity contribution in [3.63, 3.8) is 0 Å². The Bertz CT molecular complexity index is 1520. The standard InChI is InChI=1S/C33H39Cl2N3O4S/c1-4-31(33(40)36-28-11-6-5-7-12-28)37(21-25-10-8-9-24(3)17-25)32(39)22-38(29-19-26(34)18-27(35)20-29)43(41,42)30-15-13-23(2)14-16-30/h8-10,13-20,28,31H,4-7,11-12,21-22H2,1-3H3,(H,36,40)/t31-/m1/s1. The Morgan fingerprint density at radius 3 is 2.16 bits per heavy atom. The molecule has 0 aliphatic heterocycles. The molecule has 230 valence electrons. The van der Waals surface area contributed by atoms with Crippen LogP contribution in [0.2, 0.25) is 10.0 Å². The molecule has 0 unspecified atom stereocenters. The van der Waals surface area contributed by atoms with Gasteiger partial charge in [-0.2, -0.15) is 0 Å². The number of hydrogen-bond donors (Lipinski definition) is 1. The molecule has 1 N–H and O–H groups in total. The number of sulfonamides is 1. The van der Waals surface area contributed by atoms with Crippen LogP contribution in [0.15, 0.2) is 71.6 Å². The number of carbonyl (C=O) groups excluding carboxylic acids is 2. The third-order valence-electron chi connectivity index (χ3n) is 7.80. The summed E-state index contributed by atoms with van der Waals surface area (Å²) < 4.78 is 29.1. The molecule has 4 rings (SSSR count). The van der Waals surface area contributed by atoms with Crippen molar-refractivity contribution in [3.05, 3.63) is 93.5 Å². The highest BCUT2D eigenvalue weighted by Gasteiger charge is 2.34. The first-order chi connectivity index (χ1) is 20.5. The average molecular weight is 645 g/mol. The maximum absolute atomic E-state index is 14.3. The van der Waals surface area contributed by atoms with Crippen LogP contribution >= 0.6 is 23.2 Å². The summed E-state index contributed by atoms with van der Waals surface area (Å²) >= 11 is 12.6. The van der Waals surface area contributed by atoms with E-state index in [4.69, 9.17) is 23.2 Å². The second kappa shape index (κ2) is 14.6. The second-order valence-corrected chi connectivity index (χ2v) is 14.0. The highest BCUT2D eigenvalue weighted by Crippen LogP contribution is 2.30. The van der Waals surface area contributed by atoms with E-state index in [1.807, 2.05) is 45.0 Å². The largest absolute Gasteiger partial charge is 0.352 e. The lowest BCUT2D eigenvalue weighted by Gasteiger charge is -2.34. The molecule has 0 bridgehead atoms. The molecule has 0 aromatic heterocycles. The zero-order valence-electron chi connectivity index (χ0n) is 24.9. The van der Waals surface area contributed by atoms with Crippen LogP contribution in [0.1, 0.15) is 62.1 Å². The molecule has 0 heterocycles. The lowest BCUT2D eigenvalue weighted by atomic mass is 9.95. The Hall–Kier alpha value is -3.07. The van der Waals surface area contributed by atoms with E-state index in [9.17, 15) is 18.0 Å². The van der Waals surface area contributed by atoms with Gasteiger partial charge in [-0.15, -0.1) is 0 Å². The quantitative estimate of drug-likeness (QED) is 0.242. The minimum absolute atomic E-state index is 0.0225. The van der Waals surface area contributed by atoms with Crippen molar-refractivity contribution in [1.29, 1.82) is 0 Å². The number of hydrogen-bond acceptors (Lipinski definition) is 4. The zero-order chi connectivity index (χ0) is 31.1. The fourth-order valence-electron chi connectivity index (χ4n) is 5.52. The number of aryl methyl sites for hydroxylation is 2. The minimum atomic E-state index is -4.22. The van der Waals surface area contributed by atoms with Crippen LogP contribution in [0, 0.1) is 13.8 Å². The molecule has 3 aromatic carbocycles. The average Bonchev–Trinajstić information content (AvgIpc) is 2.96. The van der Waals surface area contributed by atoms with Gasteiger partial charge < -0.3 is 10.2 Å². The molecule has 1 aliphatic rings. The van der Waals surface area contributed by atoms with Gasteiger partial charge in [0.15, 0.2) is 0 Å². The van der Waals surface area contributed by atoms with E-state index in [2.05, 4.69) is 5.32 Å². The summed E-state index contributed by atoms with van der Waals surface area (Å²) in [7, 11) is -4.22. The van der Waals surface area contributed by atoms with Gasteiger partial charge in [-0.25, -0.2) is 8.42 Å². The number of nitrogens with one attached hydrogen (secondary N) is 1. The van der Waals surface area contributed by atoms with Gasteiger partial charge in [-0.05, 0) is 69.0 Å². The predicted octanol–water partition coefficient (Wildman–Crippen LogP) is 7.06. The van der Waals surface area contributed by atoms with Crippen molar-refractivity contribution in [2.24, 2.45) is 0 Å². The van der Waals surface area contributed by atoms with Crippen molar-refractivity contribution in [1.82, 2.24) is 10.2 Å². The van der Waals surface area contributed by atoms with E-state index in [0.717, 1.165) is 53.1 Å². The van der Waals surface area contributed by atoms with E-state index >= 15 is 0 Å². The molecule has 1 atom stereocenters. The number of halogens is 2. The van der Waals surface area contributed by atoms with Gasteiger partial charge in [-0.1, -0.05) is 96.9 Å². The fourth-order valence-corrected chi connectivity index (χ4v) is 7.43. The summed E-state index contributed by atoms with van der Waals surface area (Å²) in [6.07, 6.45) is 5.45. The molecule has 1 fully saturated rings. The number of nitrogens with zero attached hydrogens (tertiary/aromatic N) is 2. The Morgan fingerprint density at radius 1 is 0.907 bits per heavy atom. The normalized spacial score (nSPS) is 14.6. The first-order valence-electron chi connectivity index (χ1n) is 14.7. The number of amides is 2. The molecule has 10 heteroatoms. The second-order valence-electron chi connectivity index (χ2n) is 11.2. The van der Waals surface area contributed by atoms with Crippen LogP contribution < -0.4 is 9.62 Å². The highest BCUT2D eigenvalue weighted by molar-refractivity contribution is 7.92. The van der Waals surface area contributed by atoms with Gasteiger partial charge in [0.25, 0.3) is 10.0 Å². The van der Waals surface area contributed by atoms with E-state index in [1.165, 1.54) is 35.2 Å². The van der Waals surface area contributed by atoms with Gasteiger partial charge in [-0.3, -0.25) is 13.9 Å². The summed E-state index contributed by atoms with van der Waals surface area (Å²) in [5, 5.41) is 3.63. The molecule has 0 spiro atoms. The molecule has 0 radical (unpaired) electrons. The van der Waals surface area contributed by atoms with Crippen LogP contribution in [0.3, 0.4) is 0 Å². The number of rotatable bonds is 11. The lowest BCUT2D eigenvalue weighted by Crippen LogP contribution is -2.54. The topological polar surface area (TPSA) is 86.8 Å². The fraction of sp³-hybridized carbons (Fsp3) is 0.394. The zero-order valence-corrected chi connectivity index (χ0v) is 27.2. The number of carbonyl (C=O) groups is 2. The first kappa shape index (κ1) is 32.8. The van der Waals surface area contributed by atoms with E-state index in [0.29, 0.717) is 6.42 Å². The lowest BCUT2D eigenvalue weighted by molar-refractivity contribution is -0.140. The smallest absolute Gasteiger partial charge is 0.264 e. The highest BCUT2D eigenvalue weighted by atomic mass is 35.5. The van der Waals surface area contributed by atoms with Crippen molar-refractivity contribution in [3.8, 4) is 0 Å². The Labute approximate surface area is 265 Å². The summed E-state index contributed by atoms with van der Waals surface area (Å²) in [5.41, 5.74) is 2.91. The van der Waals surface area contributed by atoms with Crippen LogP contribution in [0.4, 0.5) is 5.69 Å². The van der Waals surface area contributed by atoms with Gasteiger partial charge in [0, 0.05) is 22.6 Å². The van der Waals surface area contributed by atoms with Crippen molar-refractivity contribution >= 4 is 50.7 Å². The molecule has 2 amide bonds. The van der Waals surface area contributed by atoms with Crippen molar-refractivity contribution < 1.29 is 18.0 Å². The maximum atomic E-state index is 14.3. The number of benzene rings is 3. The van der Waals surface area contributed by atoms with Crippen molar-refractivity contribution in [2.75, 3.05) is 10.8 Å². The Kier molecular flexibility index (Phi) is 11.2. The third kappa shape index (κ3) is 8.52. The van der Waals surface area contributed by atoms with E-state index in [-0.39, 0.29) is 39.1 Å². The number of anilines is 1. The predicted molar refractivity (Wildman–Crippen MR) is 173 cm³/mol. The summed E-state index contributed by atoms with van der Waals surface area (Å²) in [6, 6.07) is 17.8. The molecule has 1 saturated carbocycles.